The quantitative estimate of drug-likeness (QED) is 0.490. The third-order valence-electron chi connectivity index (χ3n) is 4.08. The van der Waals surface area contributed by atoms with Crippen LogP contribution in [0.15, 0.2) is 60.7 Å². The average molecular weight is 346 g/mol. The van der Waals surface area contributed by atoms with E-state index in [1.807, 2.05) is 12.1 Å². The molecule has 3 aromatic carbocycles. The van der Waals surface area contributed by atoms with Gasteiger partial charge in [-0.05, 0) is 50.2 Å². The van der Waals surface area contributed by atoms with Gasteiger partial charge in [-0.1, -0.05) is 35.4 Å². The highest BCUT2D eigenvalue weighted by molar-refractivity contribution is 7.00. The molecule has 4 aromatic rings. The first kappa shape index (κ1) is 15.6. The number of rotatable bonds is 4. The maximum atomic E-state index is 4.48. The van der Waals surface area contributed by atoms with Crippen molar-refractivity contribution in [1.29, 1.82) is 0 Å². The minimum Gasteiger partial charge on any atom is -0.354 e. The van der Waals surface area contributed by atoms with Gasteiger partial charge in [0, 0.05) is 11.4 Å². The Morgan fingerprint density at radius 1 is 0.600 bits per heavy atom. The smallest absolute Gasteiger partial charge is 0.130 e. The second-order valence-corrected chi connectivity index (χ2v) is 6.63. The van der Waals surface area contributed by atoms with Crippen LogP contribution in [-0.4, -0.2) is 8.75 Å². The molecule has 5 heteroatoms. The summed E-state index contributed by atoms with van der Waals surface area (Å²) in [5.41, 5.74) is 8.24. The van der Waals surface area contributed by atoms with Crippen molar-refractivity contribution in [3.8, 4) is 0 Å². The van der Waals surface area contributed by atoms with Crippen LogP contribution in [0.25, 0.3) is 11.0 Å². The second kappa shape index (κ2) is 6.53. The number of fused-ring (bicyclic) bond motifs is 1. The number of nitrogens with one attached hydrogen (secondary N) is 2. The van der Waals surface area contributed by atoms with Gasteiger partial charge in [-0.25, -0.2) is 0 Å². The van der Waals surface area contributed by atoms with Crippen LogP contribution in [0.3, 0.4) is 0 Å². The van der Waals surface area contributed by atoms with Gasteiger partial charge >= 0.3 is 0 Å². The molecule has 0 atom stereocenters. The average Bonchev–Trinajstić information content (AvgIpc) is 3.11. The topological polar surface area (TPSA) is 49.8 Å². The van der Waals surface area contributed by atoms with Crippen molar-refractivity contribution in [2.24, 2.45) is 0 Å². The van der Waals surface area contributed by atoms with Crippen LogP contribution in [0, 0.1) is 13.8 Å². The normalized spacial score (nSPS) is 10.8. The molecule has 124 valence electrons. The first-order chi connectivity index (χ1) is 12.2. The number of aromatic nitrogens is 2. The summed E-state index contributed by atoms with van der Waals surface area (Å²) >= 11 is 1.23. The highest BCUT2D eigenvalue weighted by Crippen LogP contribution is 2.32. The molecule has 0 bridgehead atoms. The van der Waals surface area contributed by atoms with Crippen molar-refractivity contribution in [1.82, 2.24) is 8.75 Å². The molecule has 0 aliphatic heterocycles. The molecule has 0 amide bonds. The Labute approximate surface area is 150 Å². The Morgan fingerprint density at radius 3 is 1.40 bits per heavy atom. The third kappa shape index (κ3) is 3.32. The Kier molecular flexibility index (Phi) is 4.07. The van der Waals surface area contributed by atoms with Crippen LogP contribution in [0.2, 0.25) is 0 Å². The van der Waals surface area contributed by atoms with Gasteiger partial charge in [-0.3, -0.25) is 0 Å². The summed E-state index contributed by atoms with van der Waals surface area (Å²) in [6, 6.07) is 20.7. The molecule has 2 N–H and O–H groups in total. The van der Waals surface area contributed by atoms with Crippen molar-refractivity contribution in [2.75, 3.05) is 10.6 Å². The molecule has 0 saturated carbocycles. The van der Waals surface area contributed by atoms with Crippen molar-refractivity contribution in [3.63, 3.8) is 0 Å². The first-order valence-electron chi connectivity index (χ1n) is 8.12. The lowest BCUT2D eigenvalue weighted by Crippen LogP contribution is -1.95. The molecule has 1 aromatic heterocycles. The van der Waals surface area contributed by atoms with Crippen LogP contribution in [-0.2, 0) is 0 Å². The molecule has 0 aliphatic rings. The predicted molar refractivity (Wildman–Crippen MR) is 106 cm³/mol. The zero-order chi connectivity index (χ0) is 17.2. The van der Waals surface area contributed by atoms with Gasteiger partial charge < -0.3 is 10.6 Å². The van der Waals surface area contributed by atoms with E-state index in [4.69, 9.17) is 0 Å². The Morgan fingerprint density at radius 2 is 1.00 bits per heavy atom. The molecule has 4 rings (SSSR count). The van der Waals surface area contributed by atoms with E-state index in [0.29, 0.717) is 0 Å². The second-order valence-electron chi connectivity index (χ2n) is 6.10. The summed E-state index contributed by atoms with van der Waals surface area (Å²) in [4.78, 5) is 0. The number of hydrogen-bond acceptors (Lipinski definition) is 5. The SMILES string of the molecule is Cc1ccc(Nc2ccc(Nc3ccc(C)cc3)c3nsnc23)cc1. The standard InChI is InChI=1S/C20H18N4S/c1-13-3-7-15(8-4-13)21-17-11-12-18(20-19(17)23-25-24-20)22-16-9-5-14(2)6-10-16/h3-12,21-22H,1-2H3. The number of nitrogens with zero attached hydrogens (tertiary/aromatic N) is 2. The molecule has 0 saturated heterocycles. The molecule has 25 heavy (non-hydrogen) atoms. The van der Waals surface area contributed by atoms with E-state index in [9.17, 15) is 0 Å². The van der Waals surface area contributed by atoms with E-state index in [2.05, 4.69) is 81.8 Å². The molecule has 0 aliphatic carbocycles. The Hall–Kier alpha value is -2.92. The molecule has 1 heterocycles. The molecule has 0 spiro atoms. The zero-order valence-electron chi connectivity index (χ0n) is 14.1. The van der Waals surface area contributed by atoms with Gasteiger partial charge in [0.05, 0.1) is 23.1 Å². The third-order valence-corrected chi connectivity index (χ3v) is 4.61. The highest BCUT2D eigenvalue weighted by atomic mass is 32.1. The van der Waals surface area contributed by atoms with Gasteiger partial charge in [0.2, 0.25) is 0 Å². The molecular formula is C20H18N4S. The van der Waals surface area contributed by atoms with Crippen LogP contribution in [0.1, 0.15) is 11.1 Å². The predicted octanol–water partition coefficient (Wildman–Crippen LogP) is 5.80. The lowest BCUT2D eigenvalue weighted by molar-refractivity contribution is 1.45. The number of benzene rings is 3. The lowest BCUT2D eigenvalue weighted by Gasteiger charge is -2.11. The van der Waals surface area contributed by atoms with E-state index in [-0.39, 0.29) is 0 Å². The van der Waals surface area contributed by atoms with Crippen LogP contribution in [0.5, 0.6) is 0 Å². The molecule has 4 nitrogen and oxygen atoms in total. The van der Waals surface area contributed by atoms with Gasteiger partial charge in [0.1, 0.15) is 11.0 Å². The highest BCUT2D eigenvalue weighted by Gasteiger charge is 2.11. The maximum absolute atomic E-state index is 4.48. The fourth-order valence-electron chi connectivity index (χ4n) is 2.65. The maximum Gasteiger partial charge on any atom is 0.130 e. The van der Waals surface area contributed by atoms with E-state index >= 15 is 0 Å². The van der Waals surface area contributed by atoms with E-state index in [1.54, 1.807) is 0 Å². The number of hydrogen-bond donors (Lipinski definition) is 2. The zero-order valence-corrected chi connectivity index (χ0v) is 14.9. The fourth-order valence-corrected chi connectivity index (χ4v) is 3.23. The van der Waals surface area contributed by atoms with E-state index < -0.39 is 0 Å². The first-order valence-corrected chi connectivity index (χ1v) is 8.85. The van der Waals surface area contributed by atoms with Gasteiger partial charge in [-0.2, -0.15) is 8.75 Å². The number of anilines is 4. The van der Waals surface area contributed by atoms with Gasteiger partial charge in [0.15, 0.2) is 0 Å². The van der Waals surface area contributed by atoms with Crippen molar-refractivity contribution in [2.45, 2.75) is 13.8 Å². The molecular weight excluding hydrogens is 328 g/mol. The summed E-state index contributed by atoms with van der Waals surface area (Å²) in [7, 11) is 0. The van der Waals surface area contributed by atoms with Gasteiger partial charge in [0.25, 0.3) is 0 Å². The van der Waals surface area contributed by atoms with Crippen LogP contribution in [0.4, 0.5) is 22.7 Å². The monoisotopic (exact) mass is 346 g/mol. The van der Waals surface area contributed by atoms with Crippen molar-refractivity contribution >= 4 is 45.5 Å². The minimum atomic E-state index is 0.877. The van der Waals surface area contributed by atoms with Gasteiger partial charge in [-0.15, -0.1) is 0 Å². The Bertz CT molecular complexity index is 923. The fraction of sp³-hybridized carbons (Fsp3) is 0.100. The summed E-state index contributed by atoms with van der Waals surface area (Å²) in [6.45, 7) is 4.16. The lowest BCUT2D eigenvalue weighted by atomic mass is 10.2. The van der Waals surface area contributed by atoms with Crippen LogP contribution >= 0.6 is 11.7 Å². The largest absolute Gasteiger partial charge is 0.354 e. The summed E-state index contributed by atoms with van der Waals surface area (Å²) < 4.78 is 8.95. The summed E-state index contributed by atoms with van der Waals surface area (Å²) in [5.74, 6) is 0. The Balaban J connectivity index is 1.66. The van der Waals surface area contributed by atoms with E-state index in [0.717, 1.165) is 33.8 Å². The summed E-state index contributed by atoms with van der Waals surface area (Å²) in [5, 5.41) is 6.87. The van der Waals surface area contributed by atoms with Crippen molar-refractivity contribution < 1.29 is 0 Å². The minimum absolute atomic E-state index is 0.877. The molecule has 0 fully saturated rings. The van der Waals surface area contributed by atoms with E-state index in [1.165, 1.54) is 22.9 Å². The van der Waals surface area contributed by atoms with Crippen LogP contribution < -0.4 is 10.6 Å². The molecule has 0 unspecified atom stereocenters. The summed E-state index contributed by atoms with van der Waals surface area (Å²) in [6.07, 6.45) is 0. The molecule has 0 radical (unpaired) electrons. The number of aryl methyl sites for hydroxylation is 2. The van der Waals surface area contributed by atoms with Crippen molar-refractivity contribution in [3.05, 3.63) is 71.8 Å².